The Morgan fingerprint density at radius 3 is 2.03 bits per heavy atom. The number of ether oxygens (including phenoxy) is 1. The summed E-state index contributed by atoms with van der Waals surface area (Å²) in [6.07, 6.45) is 18.4. The fourth-order valence-electron chi connectivity index (χ4n) is 4.86. The summed E-state index contributed by atoms with van der Waals surface area (Å²) in [6.45, 7) is 6.66. The Hall–Kier alpha value is -1.06. The molecule has 0 bridgehead atoms. The van der Waals surface area contributed by atoms with Crippen LogP contribution in [0.3, 0.4) is 0 Å². The Labute approximate surface area is 185 Å². The van der Waals surface area contributed by atoms with Crippen LogP contribution in [0.25, 0.3) is 0 Å². The van der Waals surface area contributed by atoms with Crippen molar-refractivity contribution in [3.8, 4) is 0 Å². The highest BCUT2D eigenvalue weighted by molar-refractivity contribution is 5.75. The minimum Gasteiger partial charge on any atom is -0.481 e. The van der Waals surface area contributed by atoms with Gasteiger partial charge in [-0.15, -0.1) is 0 Å². The molecule has 1 rings (SSSR count). The van der Waals surface area contributed by atoms with E-state index >= 15 is 0 Å². The van der Waals surface area contributed by atoms with Gasteiger partial charge in [0.25, 0.3) is 0 Å². The molecule has 0 aromatic carbocycles. The van der Waals surface area contributed by atoms with Crippen molar-refractivity contribution in [2.75, 3.05) is 0 Å². The molecule has 0 aliphatic heterocycles. The summed E-state index contributed by atoms with van der Waals surface area (Å²) in [7, 11) is 0. The lowest BCUT2D eigenvalue weighted by atomic mass is 9.81. The normalized spacial score (nSPS) is 21.2. The van der Waals surface area contributed by atoms with Gasteiger partial charge in [-0.1, -0.05) is 85.0 Å². The molecule has 0 radical (unpaired) electrons. The Morgan fingerprint density at radius 1 is 0.833 bits per heavy atom. The van der Waals surface area contributed by atoms with Gasteiger partial charge in [0.05, 0.1) is 11.8 Å². The first-order valence-corrected chi connectivity index (χ1v) is 13.0. The molecule has 1 saturated carbocycles. The number of carbonyl (C=O) groups excluding carboxylic acids is 1. The minimum atomic E-state index is -0.766. The highest BCUT2D eigenvalue weighted by Gasteiger charge is 2.34. The molecule has 0 saturated heterocycles. The molecular weight excluding hydrogens is 376 g/mol. The molecule has 0 aromatic heterocycles. The monoisotopic (exact) mass is 424 g/mol. The lowest BCUT2D eigenvalue weighted by molar-refractivity contribution is -0.160. The molecule has 4 heteroatoms. The molecule has 1 N–H and O–H groups in total. The van der Waals surface area contributed by atoms with Crippen LogP contribution in [0.1, 0.15) is 130 Å². The third-order valence-electron chi connectivity index (χ3n) is 6.95. The summed E-state index contributed by atoms with van der Waals surface area (Å²) in [5, 5.41) is 9.33. The first-order valence-electron chi connectivity index (χ1n) is 13.0. The third kappa shape index (κ3) is 10.8. The van der Waals surface area contributed by atoms with Crippen molar-refractivity contribution in [1.29, 1.82) is 0 Å². The van der Waals surface area contributed by atoms with E-state index in [4.69, 9.17) is 4.74 Å². The Balaban J connectivity index is 2.53. The standard InChI is InChI=1S/C26H48O4/c1-4-7-9-10-11-12-13-14-19-24(21(6-3)16-8-5-2)30-26(29)23-18-15-17-22(20-23)25(27)28/h21-24H,4-20H2,1-3H3,(H,27,28). The van der Waals surface area contributed by atoms with Crippen molar-refractivity contribution >= 4 is 11.9 Å². The fraction of sp³-hybridized carbons (Fsp3) is 0.923. The SMILES string of the molecule is CCCCCCCCCCC(OC(=O)C1CCCC(C(=O)O)C1)C(CC)CCCC. The van der Waals surface area contributed by atoms with Crippen LogP contribution in [0.2, 0.25) is 0 Å². The zero-order valence-electron chi connectivity index (χ0n) is 20.0. The Kier molecular flexibility index (Phi) is 14.9. The van der Waals surface area contributed by atoms with Gasteiger partial charge < -0.3 is 9.84 Å². The van der Waals surface area contributed by atoms with E-state index < -0.39 is 5.97 Å². The molecule has 4 unspecified atom stereocenters. The van der Waals surface area contributed by atoms with E-state index in [1.807, 2.05) is 0 Å². The zero-order chi connectivity index (χ0) is 22.2. The van der Waals surface area contributed by atoms with Gasteiger partial charge in [-0.2, -0.15) is 0 Å². The molecule has 1 aliphatic carbocycles. The van der Waals surface area contributed by atoms with Gasteiger partial charge in [0.1, 0.15) is 6.10 Å². The van der Waals surface area contributed by atoms with Gasteiger partial charge in [-0.05, 0) is 50.9 Å². The molecule has 4 atom stereocenters. The van der Waals surface area contributed by atoms with Crippen LogP contribution in [-0.2, 0) is 14.3 Å². The number of hydrogen-bond donors (Lipinski definition) is 1. The number of aliphatic carboxylic acids is 1. The van der Waals surface area contributed by atoms with Gasteiger partial charge in [0.2, 0.25) is 0 Å². The molecular formula is C26H48O4. The van der Waals surface area contributed by atoms with Gasteiger partial charge in [0.15, 0.2) is 0 Å². The molecule has 0 heterocycles. The summed E-state index contributed by atoms with van der Waals surface area (Å²) in [5.41, 5.74) is 0. The van der Waals surface area contributed by atoms with E-state index in [0.717, 1.165) is 44.9 Å². The maximum absolute atomic E-state index is 12.9. The maximum Gasteiger partial charge on any atom is 0.309 e. The summed E-state index contributed by atoms with van der Waals surface area (Å²) in [5.74, 6) is -1.09. The van der Waals surface area contributed by atoms with E-state index in [1.54, 1.807) is 0 Å². The molecule has 0 amide bonds. The second kappa shape index (κ2) is 16.6. The number of carboxylic acid groups (broad SMARTS) is 1. The molecule has 4 nitrogen and oxygen atoms in total. The maximum atomic E-state index is 12.9. The average molecular weight is 425 g/mol. The summed E-state index contributed by atoms with van der Waals surface area (Å²) < 4.78 is 6.10. The smallest absolute Gasteiger partial charge is 0.309 e. The lowest BCUT2D eigenvalue weighted by Crippen LogP contribution is -2.33. The average Bonchev–Trinajstić information content (AvgIpc) is 2.75. The summed E-state index contributed by atoms with van der Waals surface area (Å²) >= 11 is 0. The number of esters is 1. The van der Waals surface area contributed by atoms with Crippen LogP contribution in [0.15, 0.2) is 0 Å². The van der Waals surface area contributed by atoms with Crippen molar-refractivity contribution in [1.82, 2.24) is 0 Å². The van der Waals surface area contributed by atoms with Gasteiger partial charge in [-0.25, -0.2) is 0 Å². The van der Waals surface area contributed by atoms with Crippen LogP contribution in [-0.4, -0.2) is 23.1 Å². The van der Waals surface area contributed by atoms with Crippen LogP contribution < -0.4 is 0 Å². The van der Waals surface area contributed by atoms with E-state index in [0.29, 0.717) is 18.8 Å². The first-order chi connectivity index (χ1) is 14.5. The van der Waals surface area contributed by atoms with Crippen molar-refractivity contribution in [3.63, 3.8) is 0 Å². The van der Waals surface area contributed by atoms with Crippen LogP contribution in [0.4, 0.5) is 0 Å². The second-order valence-electron chi connectivity index (χ2n) is 9.45. The second-order valence-corrected chi connectivity index (χ2v) is 9.45. The van der Waals surface area contributed by atoms with E-state index in [2.05, 4.69) is 20.8 Å². The van der Waals surface area contributed by atoms with Crippen LogP contribution in [0, 0.1) is 17.8 Å². The number of hydrogen-bond acceptors (Lipinski definition) is 3. The highest BCUT2D eigenvalue weighted by Crippen LogP contribution is 2.32. The predicted molar refractivity (Wildman–Crippen MR) is 123 cm³/mol. The topological polar surface area (TPSA) is 63.6 Å². The van der Waals surface area contributed by atoms with Crippen LogP contribution >= 0.6 is 0 Å². The third-order valence-corrected chi connectivity index (χ3v) is 6.95. The van der Waals surface area contributed by atoms with Crippen molar-refractivity contribution in [2.24, 2.45) is 17.8 Å². The Bertz CT molecular complexity index is 462. The number of rotatable bonds is 17. The van der Waals surface area contributed by atoms with E-state index in [1.165, 1.54) is 51.4 Å². The van der Waals surface area contributed by atoms with Gasteiger partial charge in [-0.3, -0.25) is 9.59 Å². The van der Waals surface area contributed by atoms with Gasteiger partial charge in [0, 0.05) is 0 Å². The van der Waals surface area contributed by atoms with Crippen molar-refractivity contribution < 1.29 is 19.4 Å². The number of unbranched alkanes of at least 4 members (excludes halogenated alkanes) is 8. The van der Waals surface area contributed by atoms with Crippen molar-refractivity contribution in [3.05, 3.63) is 0 Å². The Morgan fingerprint density at radius 2 is 1.43 bits per heavy atom. The van der Waals surface area contributed by atoms with E-state index in [9.17, 15) is 14.7 Å². The van der Waals surface area contributed by atoms with E-state index in [-0.39, 0.29) is 23.9 Å². The number of carbonyl (C=O) groups is 2. The van der Waals surface area contributed by atoms with Gasteiger partial charge >= 0.3 is 11.9 Å². The molecule has 30 heavy (non-hydrogen) atoms. The minimum absolute atomic E-state index is 0.000606. The predicted octanol–water partition coefficient (Wildman–Crippen LogP) is 7.54. The molecule has 0 spiro atoms. The molecule has 1 aliphatic rings. The van der Waals surface area contributed by atoms with Crippen molar-refractivity contribution in [2.45, 2.75) is 136 Å². The molecule has 176 valence electrons. The lowest BCUT2D eigenvalue weighted by Gasteiger charge is -2.30. The van der Waals surface area contributed by atoms with Crippen LogP contribution in [0.5, 0.6) is 0 Å². The highest BCUT2D eigenvalue weighted by atomic mass is 16.5. The summed E-state index contributed by atoms with van der Waals surface area (Å²) in [6, 6.07) is 0. The largest absolute Gasteiger partial charge is 0.481 e. The summed E-state index contributed by atoms with van der Waals surface area (Å²) in [4.78, 5) is 24.2. The molecule has 1 fully saturated rings. The molecule has 0 aromatic rings. The zero-order valence-corrected chi connectivity index (χ0v) is 20.0. The first kappa shape index (κ1) is 27.0. The quantitative estimate of drug-likeness (QED) is 0.193. The number of carboxylic acids is 1. The fourth-order valence-corrected chi connectivity index (χ4v) is 4.86.